The van der Waals surface area contributed by atoms with Gasteiger partial charge in [-0.05, 0) is 30.5 Å². The summed E-state index contributed by atoms with van der Waals surface area (Å²) in [6, 6.07) is 12.6. The van der Waals surface area contributed by atoms with Gasteiger partial charge in [-0.1, -0.05) is 30.3 Å². The maximum absolute atomic E-state index is 10.7. The van der Waals surface area contributed by atoms with Crippen LogP contribution in [0.25, 0.3) is 0 Å². The van der Waals surface area contributed by atoms with Crippen molar-refractivity contribution >= 4 is 17.6 Å². The van der Waals surface area contributed by atoms with Gasteiger partial charge in [0.1, 0.15) is 0 Å². The van der Waals surface area contributed by atoms with Crippen LogP contribution in [0.3, 0.4) is 0 Å². The molecule has 2 aromatic carbocycles. The molecule has 4 heteroatoms. The highest BCUT2D eigenvalue weighted by atomic mass is 16.6. The van der Waals surface area contributed by atoms with E-state index in [2.05, 4.69) is 4.99 Å². The molecule has 0 heterocycles. The third kappa shape index (κ3) is 3.04. The Morgan fingerprint density at radius 3 is 2.53 bits per heavy atom. The van der Waals surface area contributed by atoms with Gasteiger partial charge in [0.25, 0.3) is 5.69 Å². The molecule has 96 valence electrons. The Balaban J connectivity index is 2.35. The van der Waals surface area contributed by atoms with Crippen LogP contribution in [0.15, 0.2) is 47.5 Å². The SMILES string of the molecule is Cc1ccccc1C=Nc1cc([N+](=O)[O-])ccc1C. The molecule has 0 bridgehead atoms. The van der Waals surface area contributed by atoms with Gasteiger partial charge in [-0.2, -0.15) is 0 Å². The summed E-state index contributed by atoms with van der Waals surface area (Å²) in [7, 11) is 0. The predicted molar refractivity (Wildman–Crippen MR) is 76.3 cm³/mol. The zero-order valence-electron chi connectivity index (χ0n) is 10.8. The molecular weight excluding hydrogens is 240 g/mol. The van der Waals surface area contributed by atoms with Crippen molar-refractivity contribution in [2.24, 2.45) is 4.99 Å². The minimum Gasteiger partial charge on any atom is -0.258 e. The molecule has 0 spiro atoms. The Hall–Kier alpha value is -2.49. The average molecular weight is 254 g/mol. The molecule has 0 aliphatic rings. The highest BCUT2D eigenvalue weighted by Gasteiger charge is 2.07. The second-order valence-electron chi connectivity index (χ2n) is 4.34. The number of aliphatic imine (C=N–C) groups is 1. The van der Waals surface area contributed by atoms with Gasteiger partial charge in [0.05, 0.1) is 10.6 Å². The van der Waals surface area contributed by atoms with Crippen molar-refractivity contribution in [2.45, 2.75) is 13.8 Å². The van der Waals surface area contributed by atoms with Crippen molar-refractivity contribution in [3.63, 3.8) is 0 Å². The Morgan fingerprint density at radius 1 is 1.11 bits per heavy atom. The second-order valence-corrected chi connectivity index (χ2v) is 4.34. The third-order valence-corrected chi connectivity index (χ3v) is 2.93. The van der Waals surface area contributed by atoms with Crippen LogP contribution in [0.5, 0.6) is 0 Å². The Morgan fingerprint density at radius 2 is 1.84 bits per heavy atom. The predicted octanol–water partition coefficient (Wildman–Crippen LogP) is 3.96. The number of nitrogens with zero attached hydrogens (tertiary/aromatic N) is 2. The number of nitro groups is 1. The second kappa shape index (κ2) is 5.44. The molecule has 0 N–H and O–H groups in total. The molecule has 0 aromatic heterocycles. The number of hydrogen-bond donors (Lipinski definition) is 0. The van der Waals surface area contributed by atoms with E-state index in [0.29, 0.717) is 5.69 Å². The lowest BCUT2D eigenvalue weighted by atomic mass is 10.1. The van der Waals surface area contributed by atoms with E-state index in [1.807, 2.05) is 38.1 Å². The molecular formula is C15H14N2O2. The van der Waals surface area contributed by atoms with Gasteiger partial charge >= 0.3 is 0 Å². The Bertz CT molecular complexity index is 648. The molecule has 0 saturated heterocycles. The van der Waals surface area contributed by atoms with Crippen molar-refractivity contribution in [3.05, 3.63) is 69.3 Å². The topological polar surface area (TPSA) is 55.5 Å². The summed E-state index contributed by atoms with van der Waals surface area (Å²) in [6.45, 7) is 3.88. The minimum atomic E-state index is -0.410. The van der Waals surface area contributed by atoms with E-state index in [4.69, 9.17) is 0 Å². The quantitative estimate of drug-likeness (QED) is 0.473. The van der Waals surface area contributed by atoms with E-state index in [0.717, 1.165) is 16.7 Å². The van der Waals surface area contributed by atoms with E-state index in [9.17, 15) is 10.1 Å². The molecule has 0 amide bonds. The number of aryl methyl sites for hydroxylation is 2. The summed E-state index contributed by atoms with van der Waals surface area (Å²) in [4.78, 5) is 14.7. The summed E-state index contributed by atoms with van der Waals surface area (Å²) in [5.41, 5.74) is 3.72. The summed E-state index contributed by atoms with van der Waals surface area (Å²) in [6.07, 6.45) is 1.74. The molecule has 4 nitrogen and oxygen atoms in total. The first-order chi connectivity index (χ1) is 9.08. The van der Waals surface area contributed by atoms with Gasteiger partial charge in [0.15, 0.2) is 0 Å². The number of non-ortho nitro benzene ring substituents is 1. The van der Waals surface area contributed by atoms with Crippen LogP contribution >= 0.6 is 0 Å². The first kappa shape index (κ1) is 13.0. The first-order valence-electron chi connectivity index (χ1n) is 5.92. The van der Waals surface area contributed by atoms with Gasteiger partial charge in [0.2, 0.25) is 0 Å². The summed E-state index contributed by atoms with van der Waals surface area (Å²) < 4.78 is 0. The van der Waals surface area contributed by atoms with Gasteiger partial charge < -0.3 is 0 Å². The monoisotopic (exact) mass is 254 g/mol. The molecule has 2 rings (SSSR count). The van der Waals surface area contributed by atoms with E-state index < -0.39 is 4.92 Å². The molecule has 0 unspecified atom stereocenters. The van der Waals surface area contributed by atoms with Crippen molar-refractivity contribution in [2.75, 3.05) is 0 Å². The number of benzene rings is 2. The van der Waals surface area contributed by atoms with Crippen LogP contribution < -0.4 is 0 Å². The smallest absolute Gasteiger partial charge is 0.258 e. The fraction of sp³-hybridized carbons (Fsp3) is 0.133. The van der Waals surface area contributed by atoms with Gasteiger partial charge in [-0.15, -0.1) is 0 Å². The van der Waals surface area contributed by atoms with Crippen LogP contribution in [0.2, 0.25) is 0 Å². The summed E-state index contributed by atoms with van der Waals surface area (Å²) in [5, 5.41) is 10.7. The molecule has 2 aromatic rings. The van der Waals surface area contributed by atoms with Gasteiger partial charge in [-0.25, -0.2) is 0 Å². The van der Waals surface area contributed by atoms with E-state index in [1.54, 1.807) is 12.3 Å². The summed E-state index contributed by atoms with van der Waals surface area (Å²) >= 11 is 0. The molecule has 0 aliphatic heterocycles. The lowest BCUT2D eigenvalue weighted by molar-refractivity contribution is -0.384. The lowest BCUT2D eigenvalue weighted by Gasteiger charge is -2.01. The largest absolute Gasteiger partial charge is 0.271 e. The van der Waals surface area contributed by atoms with Crippen LogP contribution in [0.1, 0.15) is 16.7 Å². The van der Waals surface area contributed by atoms with Crippen molar-refractivity contribution in [3.8, 4) is 0 Å². The number of hydrogen-bond acceptors (Lipinski definition) is 3. The molecule has 0 radical (unpaired) electrons. The molecule has 19 heavy (non-hydrogen) atoms. The Labute approximate surface area is 111 Å². The zero-order chi connectivity index (χ0) is 13.8. The van der Waals surface area contributed by atoms with Crippen molar-refractivity contribution < 1.29 is 4.92 Å². The lowest BCUT2D eigenvalue weighted by Crippen LogP contribution is -1.89. The van der Waals surface area contributed by atoms with Crippen LogP contribution in [-0.4, -0.2) is 11.1 Å². The molecule has 0 fully saturated rings. The third-order valence-electron chi connectivity index (χ3n) is 2.93. The van der Waals surface area contributed by atoms with Gasteiger partial charge in [0, 0.05) is 18.3 Å². The minimum absolute atomic E-state index is 0.0579. The highest BCUT2D eigenvalue weighted by Crippen LogP contribution is 2.24. The number of nitro benzene ring substituents is 1. The molecule has 0 saturated carbocycles. The average Bonchev–Trinajstić information content (AvgIpc) is 2.39. The fourth-order valence-corrected chi connectivity index (χ4v) is 1.72. The number of rotatable bonds is 3. The van der Waals surface area contributed by atoms with Crippen molar-refractivity contribution in [1.82, 2.24) is 0 Å². The standard InChI is InChI=1S/C15H14N2O2/c1-11-5-3-4-6-13(11)10-16-15-9-14(17(18)19)8-7-12(15)2/h3-10H,1-2H3. The fourth-order valence-electron chi connectivity index (χ4n) is 1.72. The maximum atomic E-state index is 10.7. The highest BCUT2D eigenvalue weighted by molar-refractivity contribution is 5.84. The zero-order valence-corrected chi connectivity index (χ0v) is 10.8. The molecule has 0 aliphatic carbocycles. The first-order valence-corrected chi connectivity index (χ1v) is 5.92. The normalized spacial score (nSPS) is 10.8. The van der Waals surface area contributed by atoms with E-state index in [-0.39, 0.29) is 5.69 Å². The summed E-state index contributed by atoms with van der Waals surface area (Å²) in [5.74, 6) is 0. The molecule has 0 atom stereocenters. The van der Waals surface area contributed by atoms with Crippen molar-refractivity contribution in [1.29, 1.82) is 0 Å². The van der Waals surface area contributed by atoms with Crippen LogP contribution in [0.4, 0.5) is 11.4 Å². The Kier molecular flexibility index (Phi) is 3.71. The maximum Gasteiger partial charge on any atom is 0.271 e. The van der Waals surface area contributed by atoms with E-state index >= 15 is 0 Å². The van der Waals surface area contributed by atoms with Crippen LogP contribution in [0, 0.1) is 24.0 Å². The van der Waals surface area contributed by atoms with Crippen LogP contribution in [-0.2, 0) is 0 Å². The van der Waals surface area contributed by atoms with E-state index in [1.165, 1.54) is 12.1 Å². The van der Waals surface area contributed by atoms with Gasteiger partial charge in [-0.3, -0.25) is 15.1 Å².